The van der Waals surface area contributed by atoms with Gasteiger partial charge in [0.2, 0.25) is 0 Å². The zero-order valence-corrected chi connectivity index (χ0v) is 19.6. The molecule has 6 nitrogen and oxygen atoms in total. The lowest BCUT2D eigenvalue weighted by molar-refractivity contribution is 0.266. The first-order valence-corrected chi connectivity index (χ1v) is 12.3. The molecule has 0 spiro atoms. The number of anilines is 2. The third-order valence-corrected chi connectivity index (χ3v) is 7.46. The summed E-state index contributed by atoms with van der Waals surface area (Å²) in [6.07, 6.45) is 7.18. The van der Waals surface area contributed by atoms with E-state index in [1.807, 2.05) is 0 Å². The Morgan fingerprint density at radius 2 is 1.28 bits per heavy atom. The van der Waals surface area contributed by atoms with Gasteiger partial charge >= 0.3 is 0 Å². The van der Waals surface area contributed by atoms with E-state index < -0.39 is 0 Å². The Bertz CT molecular complexity index is 839. The lowest BCUT2D eigenvalue weighted by Crippen LogP contribution is -2.35. The first-order chi connectivity index (χ1) is 15.6. The second-order valence-electron chi connectivity index (χ2n) is 9.48. The van der Waals surface area contributed by atoms with Gasteiger partial charge < -0.3 is 19.6 Å². The molecule has 3 heterocycles. The van der Waals surface area contributed by atoms with Gasteiger partial charge in [-0.15, -0.1) is 0 Å². The van der Waals surface area contributed by atoms with E-state index in [4.69, 9.17) is 0 Å². The van der Waals surface area contributed by atoms with Crippen molar-refractivity contribution in [1.29, 1.82) is 10.5 Å². The number of nitrogens with zero attached hydrogens (tertiary/aromatic N) is 6. The summed E-state index contributed by atoms with van der Waals surface area (Å²) in [5, 5.41) is 19.5. The van der Waals surface area contributed by atoms with Crippen molar-refractivity contribution in [3.8, 4) is 12.1 Å². The van der Waals surface area contributed by atoms with E-state index in [0.717, 1.165) is 56.2 Å². The summed E-state index contributed by atoms with van der Waals surface area (Å²) in [5.74, 6) is 0.778. The first-order valence-electron chi connectivity index (χ1n) is 12.3. The van der Waals surface area contributed by atoms with E-state index >= 15 is 0 Å². The molecule has 1 aromatic rings. The highest BCUT2D eigenvalue weighted by molar-refractivity contribution is 5.84. The Kier molecular flexibility index (Phi) is 7.35. The maximum atomic E-state index is 9.77. The molecule has 0 amide bonds. The zero-order valence-electron chi connectivity index (χ0n) is 19.6. The fraction of sp³-hybridized carbons (Fsp3) is 0.615. The third kappa shape index (κ3) is 4.63. The van der Waals surface area contributed by atoms with Crippen molar-refractivity contribution in [2.24, 2.45) is 0 Å². The van der Waals surface area contributed by atoms with Crippen molar-refractivity contribution in [2.45, 2.75) is 64.5 Å². The highest BCUT2D eigenvalue weighted by atomic mass is 15.4. The van der Waals surface area contributed by atoms with Crippen molar-refractivity contribution in [3.63, 3.8) is 0 Å². The standard InChI is InChI=1S/C26H36N6/c1-21-9-5-13-29(21)15-7-17-31-24-11-3-4-12-25(24)32(26(31)23(19-27)20-28)18-8-16-30-14-6-10-22(30)2/h3-4,11-12,21-22H,5-10,13-18H2,1-2H3/t21-,22-/m1/s1. The number of hydrogen-bond acceptors (Lipinski definition) is 6. The van der Waals surface area contributed by atoms with Crippen LogP contribution >= 0.6 is 0 Å². The smallest absolute Gasteiger partial charge is 0.170 e. The van der Waals surface area contributed by atoms with Crippen LogP contribution in [0.1, 0.15) is 52.4 Å². The van der Waals surface area contributed by atoms with Crippen molar-refractivity contribution in [3.05, 3.63) is 35.7 Å². The third-order valence-electron chi connectivity index (χ3n) is 7.46. The summed E-state index contributed by atoms with van der Waals surface area (Å²) in [7, 11) is 0. The SMILES string of the molecule is C[C@@H]1CCCN1CCCN1C(=C(C#N)C#N)N(CCCN2CCC[C@H]2C)c2ccccc21. The number of nitriles is 2. The van der Waals surface area contributed by atoms with Gasteiger partial charge in [-0.1, -0.05) is 12.1 Å². The molecule has 3 aliphatic rings. The molecular formula is C26H36N6. The average Bonchev–Trinajstić information content (AvgIpc) is 3.49. The van der Waals surface area contributed by atoms with Gasteiger partial charge in [-0.2, -0.15) is 10.5 Å². The topological polar surface area (TPSA) is 60.5 Å². The lowest BCUT2D eigenvalue weighted by Gasteiger charge is -2.28. The fourth-order valence-corrected chi connectivity index (χ4v) is 5.66. The first kappa shape index (κ1) is 22.6. The van der Waals surface area contributed by atoms with Crippen LogP contribution < -0.4 is 9.80 Å². The van der Waals surface area contributed by atoms with Crippen LogP contribution in [0, 0.1) is 22.7 Å². The lowest BCUT2D eigenvalue weighted by atomic mass is 10.2. The van der Waals surface area contributed by atoms with Crippen molar-refractivity contribution in [1.82, 2.24) is 9.80 Å². The van der Waals surface area contributed by atoms with E-state index in [9.17, 15) is 10.5 Å². The Morgan fingerprint density at radius 1 is 0.812 bits per heavy atom. The predicted molar refractivity (Wildman–Crippen MR) is 129 cm³/mol. The summed E-state index contributed by atoms with van der Waals surface area (Å²) in [4.78, 5) is 9.57. The number of rotatable bonds is 8. The Balaban J connectivity index is 1.51. The molecular weight excluding hydrogens is 396 g/mol. The van der Waals surface area contributed by atoms with Gasteiger partial charge in [0.25, 0.3) is 0 Å². The highest BCUT2D eigenvalue weighted by Crippen LogP contribution is 2.42. The molecule has 0 saturated carbocycles. The molecule has 32 heavy (non-hydrogen) atoms. The maximum Gasteiger partial charge on any atom is 0.170 e. The van der Waals surface area contributed by atoms with Crippen LogP contribution in [0.25, 0.3) is 0 Å². The van der Waals surface area contributed by atoms with E-state index in [1.165, 1.54) is 38.8 Å². The van der Waals surface area contributed by atoms with E-state index in [0.29, 0.717) is 12.1 Å². The second kappa shape index (κ2) is 10.4. The van der Waals surface area contributed by atoms with Crippen LogP contribution in [0.3, 0.4) is 0 Å². The summed E-state index contributed by atoms with van der Waals surface area (Å²) < 4.78 is 0. The molecule has 0 aliphatic carbocycles. The quantitative estimate of drug-likeness (QED) is 0.570. The summed E-state index contributed by atoms with van der Waals surface area (Å²) in [6.45, 7) is 10.8. The minimum absolute atomic E-state index is 0.213. The molecule has 1 aromatic carbocycles. The Hall–Kier alpha value is -2.54. The number of hydrogen-bond donors (Lipinski definition) is 0. The van der Waals surface area contributed by atoms with Gasteiger partial charge in [-0.05, 0) is 77.6 Å². The van der Waals surface area contributed by atoms with Gasteiger partial charge in [-0.25, -0.2) is 0 Å². The van der Waals surface area contributed by atoms with E-state index in [1.54, 1.807) is 0 Å². The van der Waals surface area contributed by atoms with Crippen LogP contribution in [-0.4, -0.2) is 61.2 Å². The van der Waals surface area contributed by atoms with E-state index in [2.05, 4.69) is 69.9 Å². The summed E-state index contributed by atoms with van der Waals surface area (Å²) in [6, 6.07) is 14.0. The maximum absolute atomic E-state index is 9.77. The van der Waals surface area contributed by atoms with Crippen LogP contribution in [0.5, 0.6) is 0 Å². The predicted octanol–water partition coefficient (Wildman–Crippen LogP) is 4.32. The molecule has 170 valence electrons. The molecule has 0 radical (unpaired) electrons. The van der Waals surface area contributed by atoms with Gasteiger partial charge in [0.05, 0.1) is 11.4 Å². The van der Waals surface area contributed by atoms with Crippen LogP contribution in [0.4, 0.5) is 11.4 Å². The normalized spacial score (nSPS) is 23.4. The van der Waals surface area contributed by atoms with Gasteiger partial charge in [0.1, 0.15) is 18.0 Å². The molecule has 6 heteroatoms. The largest absolute Gasteiger partial charge is 0.324 e. The Labute approximate surface area is 193 Å². The number of allylic oxidation sites excluding steroid dienone is 1. The van der Waals surface area contributed by atoms with Crippen molar-refractivity contribution >= 4 is 11.4 Å². The molecule has 2 atom stereocenters. The number of benzene rings is 1. The molecule has 2 saturated heterocycles. The summed E-state index contributed by atoms with van der Waals surface area (Å²) in [5.41, 5.74) is 2.45. The molecule has 2 fully saturated rings. The van der Waals surface area contributed by atoms with Crippen molar-refractivity contribution in [2.75, 3.05) is 49.1 Å². The molecule has 3 aliphatic heterocycles. The number of likely N-dealkylation sites (tertiary alicyclic amines) is 2. The Morgan fingerprint density at radius 3 is 1.66 bits per heavy atom. The van der Waals surface area contributed by atoms with Gasteiger partial charge in [-0.3, -0.25) is 0 Å². The van der Waals surface area contributed by atoms with Gasteiger partial charge in [0.15, 0.2) is 5.57 Å². The molecule has 0 unspecified atom stereocenters. The second-order valence-corrected chi connectivity index (χ2v) is 9.48. The van der Waals surface area contributed by atoms with Crippen LogP contribution in [-0.2, 0) is 0 Å². The van der Waals surface area contributed by atoms with Crippen molar-refractivity contribution < 1.29 is 0 Å². The van der Waals surface area contributed by atoms with Gasteiger partial charge in [0, 0.05) is 38.3 Å². The molecule has 0 N–H and O–H groups in total. The van der Waals surface area contributed by atoms with Crippen LogP contribution in [0.15, 0.2) is 35.7 Å². The number of fused-ring (bicyclic) bond motifs is 1. The minimum Gasteiger partial charge on any atom is -0.324 e. The number of para-hydroxylation sites is 2. The molecule has 0 aromatic heterocycles. The van der Waals surface area contributed by atoms with Crippen LogP contribution in [0.2, 0.25) is 0 Å². The minimum atomic E-state index is 0.213. The monoisotopic (exact) mass is 432 g/mol. The summed E-state index contributed by atoms with van der Waals surface area (Å²) >= 11 is 0. The zero-order chi connectivity index (χ0) is 22.5. The average molecular weight is 433 g/mol. The molecule has 4 rings (SSSR count). The fourth-order valence-electron chi connectivity index (χ4n) is 5.66. The molecule has 0 bridgehead atoms. The highest BCUT2D eigenvalue weighted by Gasteiger charge is 2.34. The van der Waals surface area contributed by atoms with E-state index in [-0.39, 0.29) is 5.57 Å².